The second kappa shape index (κ2) is 6.34. The van der Waals surface area contributed by atoms with Gasteiger partial charge >= 0.3 is 6.03 Å². The first-order valence-electron chi connectivity index (χ1n) is 8.04. The minimum Gasteiger partial charge on any atom is -0.328 e. The average Bonchev–Trinajstić information content (AvgIpc) is 3.22. The molecule has 1 unspecified atom stereocenters. The lowest BCUT2D eigenvalue weighted by atomic mass is 10.3. The molecule has 1 aliphatic carbocycles. The Hall–Kier alpha value is -2.11. The van der Waals surface area contributed by atoms with E-state index in [1.807, 2.05) is 40.6 Å². The standard InChI is InChI=1S/C16H23N5O/c1-3-9-20(11-13-7-8-13)16(22)17-12(2)15-19-18-14-6-4-5-10-21(14)15/h4-6,10,12-13H,3,7-9,11H2,1-2H3,(H,17,22). The first-order valence-corrected chi connectivity index (χ1v) is 8.04. The first-order chi connectivity index (χ1) is 10.7. The molecule has 2 aromatic rings. The number of aromatic nitrogens is 3. The number of nitrogens with one attached hydrogen (secondary N) is 1. The van der Waals surface area contributed by atoms with Gasteiger partial charge in [-0.15, -0.1) is 10.2 Å². The SMILES string of the molecule is CCCN(CC1CC1)C(=O)NC(C)c1nnc2ccccn12. The van der Waals surface area contributed by atoms with Crippen molar-refractivity contribution in [2.45, 2.75) is 39.2 Å². The molecule has 6 heteroatoms. The Labute approximate surface area is 130 Å². The Balaban J connectivity index is 1.69. The number of hydrogen-bond donors (Lipinski definition) is 1. The van der Waals surface area contributed by atoms with Crippen molar-refractivity contribution in [3.05, 3.63) is 30.2 Å². The third kappa shape index (κ3) is 3.21. The van der Waals surface area contributed by atoms with Crippen LogP contribution in [0.1, 0.15) is 45.0 Å². The molecule has 1 saturated carbocycles. The van der Waals surface area contributed by atoms with Crippen molar-refractivity contribution in [2.24, 2.45) is 5.92 Å². The highest BCUT2D eigenvalue weighted by Gasteiger charge is 2.27. The number of hydrogen-bond acceptors (Lipinski definition) is 3. The molecule has 22 heavy (non-hydrogen) atoms. The maximum absolute atomic E-state index is 12.5. The second-order valence-electron chi connectivity index (χ2n) is 6.05. The van der Waals surface area contributed by atoms with Crippen LogP contribution < -0.4 is 5.32 Å². The number of pyridine rings is 1. The Morgan fingerprint density at radius 3 is 3.00 bits per heavy atom. The van der Waals surface area contributed by atoms with Gasteiger partial charge in [-0.25, -0.2) is 4.79 Å². The molecule has 0 saturated heterocycles. The molecule has 2 aromatic heterocycles. The normalized spacial score (nSPS) is 15.7. The zero-order valence-electron chi connectivity index (χ0n) is 13.2. The molecule has 6 nitrogen and oxygen atoms in total. The van der Waals surface area contributed by atoms with Gasteiger partial charge < -0.3 is 10.2 Å². The van der Waals surface area contributed by atoms with Crippen LogP contribution in [0.25, 0.3) is 5.65 Å². The van der Waals surface area contributed by atoms with E-state index in [0.717, 1.165) is 31.0 Å². The highest BCUT2D eigenvalue weighted by atomic mass is 16.2. The summed E-state index contributed by atoms with van der Waals surface area (Å²) >= 11 is 0. The molecule has 118 valence electrons. The van der Waals surface area contributed by atoms with Crippen molar-refractivity contribution < 1.29 is 4.79 Å². The van der Waals surface area contributed by atoms with Crippen molar-refractivity contribution in [1.29, 1.82) is 0 Å². The predicted molar refractivity (Wildman–Crippen MR) is 84.5 cm³/mol. The second-order valence-corrected chi connectivity index (χ2v) is 6.05. The summed E-state index contributed by atoms with van der Waals surface area (Å²) in [6.45, 7) is 5.72. The molecular formula is C16H23N5O. The summed E-state index contributed by atoms with van der Waals surface area (Å²) in [5, 5.41) is 11.4. The third-order valence-electron chi connectivity index (χ3n) is 4.02. The van der Waals surface area contributed by atoms with Crippen LogP contribution in [-0.4, -0.2) is 38.6 Å². The molecule has 0 radical (unpaired) electrons. The predicted octanol–water partition coefficient (Wildman–Crippen LogP) is 2.62. The molecule has 0 aliphatic heterocycles. The molecule has 0 bridgehead atoms. The molecule has 1 atom stereocenters. The van der Waals surface area contributed by atoms with Crippen molar-refractivity contribution >= 4 is 11.7 Å². The van der Waals surface area contributed by atoms with E-state index in [-0.39, 0.29) is 12.1 Å². The lowest BCUT2D eigenvalue weighted by Crippen LogP contribution is -2.42. The molecule has 2 amide bonds. The number of amides is 2. The number of carbonyl (C=O) groups is 1. The van der Waals surface area contributed by atoms with E-state index in [9.17, 15) is 4.79 Å². The number of rotatable bonds is 6. The largest absolute Gasteiger partial charge is 0.328 e. The summed E-state index contributed by atoms with van der Waals surface area (Å²) in [6.07, 6.45) is 5.39. The number of urea groups is 1. The van der Waals surface area contributed by atoms with Crippen LogP contribution in [0, 0.1) is 5.92 Å². The van der Waals surface area contributed by atoms with E-state index in [1.165, 1.54) is 12.8 Å². The Bertz CT molecular complexity index is 649. The summed E-state index contributed by atoms with van der Waals surface area (Å²) < 4.78 is 1.91. The maximum atomic E-state index is 12.5. The Kier molecular flexibility index (Phi) is 4.27. The quantitative estimate of drug-likeness (QED) is 0.892. The Morgan fingerprint density at radius 1 is 1.45 bits per heavy atom. The summed E-state index contributed by atoms with van der Waals surface area (Å²) in [4.78, 5) is 14.4. The number of carbonyl (C=O) groups excluding carboxylic acids is 1. The van der Waals surface area contributed by atoms with Gasteiger partial charge in [-0.05, 0) is 44.2 Å². The topological polar surface area (TPSA) is 62.5 Å². The van der Waals surface area contributed by atoms with Gasteiger partial charge in [-0.2, -0.15) is 0 Å². The van der Waals surface area contributed by atoms with E-state index in [4.69, 9.17) is 0 Å². The molecule has 1 aliphatic rings. The molecule has 3 rings (SSSR count). The van der Waals surface area contributed by atoms with Gasteiger partial charge in [0.05, 0.1) is 6.04 Å². The fourth-order valence-electron chi connectivity index (χ4n) is 2.65. The average molecular weight is 301 g/mol. The summed E-state index contributed by atoms with van der Waals surface area (Å²) in [5.41, 5.74) is 0.794. The van der Waals surface area contributed by atoms with Crippen LogP contribution in [0.2, 0.25) is 0 Å². The summed E-state index contributed by atoms with van der Waals surface area (Å²) in [5.74, 6) is 1.45. The molecule has 0 aromatic carbocycles. The lowest BCUT2D eigenvalue weighted by molar-refractivity contribution is 0.191. The van der Waals surface area contributed by atoms with E-state index in [1.54, 1.807) is 0 Å². The van der Waals surface area contributed by atoms with E-state index in [0.29, 0.717) is 5.92 Å². The van der Waals surface area contributed by atoms with Crippen LogP contribution in [0.5, 0.6) is 0 Å². The smallest absolute Gasteiger partial charge is 0.317 e. The Morgan fingerprint density at radius 2 is 2.27 bits per heavy atom. The summed E-state index contributed by atoms with van der Waals surface area (Å²) in [6, 6.07) is 5.58. The van der Waals surface area contributed by atoms with Crippen LogP contribution >= 0.6 is 0 Å². The van der Waals surface area contributed by atoms with Crippen LogP contribution in [-0.2, 0) is 0 Å². The minimum atomic E-state index is -0.177. The molecule has 1 N–H and O–H groups in total. The zero-order valence-corrected chi connectivity index (χ0v) is 13.2. The minimum absolute atomic E-state index is 0.00562. The zero-order chi connectivity index (χ0) is 15.5. The van der Waals surface area contributed by atoms with Gasteiger partial charge in [-0.3, -0.25) is 4.40 Å². The van der Waals surface area contributed by atoms with Gasteiger partial charge in [0.2, 0.25) is 0 Å². The monoisotopic (exact) mass is 301 g/mol. The van der Waals surface area contributed by atoms with Crippen LogP contribution in [0.4, 0.5) is 4.79 Å². The molecule has 1 fully saturated rings. The van der Waals surface area contributed by atoms with Gasteiger partial charge in [0.1, 0.15) is 0 Å². The first kappa shape index (κ1) is 14.8. The van der Waals surface area contributed by atoms with E-state index >= 15 is 0 Å². The molecular weight excluding hydrogens is 278 g/mol. The fourth-order valence-corrected chi connectivity index (χ4v) is 2.65. The highest BCUT2D eigenvalue weighted by molar-refractivity contribution is 5.74. The fraction of sp³-hybridized carbons (Fsp3) is 0.562. The summed E-state index contributed by atoms with van der Waals surface area (Å²) in [7, 11) is 0. The molecule has 0 spiro atoms. The van der Waals surface area contributed by atoms with Gasteiger partial charge in [0.15, 0.2) is 11.5 Å². The molecule has 2 heterocycles. The van der Waals surface area contributed by atoms with Crippen molar-refractivity contribution in [1.82, 2.24) is 24.8 Å². The van der Waals surface area contributed by atoms with Crippen LogP contribution in [0.15, 0.2) is 24.4 Å². The lowest BCUT2D eigenvalue weighted by Gasteiger charge is -2.24. The maximum Gasteiger partial charge on any atom is 0.317 e. The third-order valence-corrected chi connectivity index (χ3v) is 4.02. The van der Waals surface area contributed by atoms with Gasteiger partial charge in [0.25, 0.3) is 0 Å². The van der Waals surface area contributed by atoms with Gasteiger partial charge in [0, 0.05) is 19.3 Å². The van der Waals surface area contributed by atoms with Crippen molar-refractivity contribution in [3.8, 4) is 0 Å². The number of nitrogens with zero attached hydrogens (tertiary/aromatic N) is 4. The highest BCUT2D eigenvalue weighted by Crippen LogP contribution is 2.29. The van der Waals surface area contributed by atoms with Crippen molar-refractivity contribution in [2.75, 3.05) is 13.1 Å². The van der Waals surface area contributed by atoms with Gasteiger partial charge in [-0.1, -0.05) is 13.0 Å². The van der Waals surface area contributed by atoms with E-state index in [2.05, 4.69) is 22.4 Å². The van der Waals surface area contributed by atoms with Crippen LogP contribution in [0.3, 0.4) is 0 Å². The van der Waals surface area contributed by atoms with Crippen molar-refractivity contribution in [3.63, 3.8) is 0 Å². The van der Waals surface area contributed by atoms with E-state index < -0.39 is 0 Å². The number of fused-ring (bicyclic) bond motifs is 1.